The van der Waals surface area contributed by atoms with Crippen molar-refractivity contribution < 1.29 is 68.6 Å². The number of fused-ring (bicyclic) bond motifs is 5. The number of nitrogens with zero attached hydrogens (tertiary/aromatic N) is 5. The first kappa shape index (κ1) is 46.9. The van der Waals surface area contributed by atoms with Gasteiger partial charge in [0.05, 0.1) is 25.9 Å². The Morgan fingerprint density at radius 3 is 2.08 bits per heavy atom. The van der Waals surface area contributed by atoms with Crippen molar-refractivity contribution in [3.8, 4) is 0 Å². The number of ether oxygens (including phenoxy) is 2. The van der Waals surface area contributed by atoms with E-state index in [0.717, 1.165) is 28.0 Å². The molecule has 2 unspecified atom stereocenters. The molecule has 0 spiro atoms. The molecule has 0 aliphatic carbocycles. The summed E-state index contributed by atoms with van der Waals surface area (Å²) < 4.78 is 110. The molecule has 10 atom stereocenters. The Kier molecular flexibility index (Phi) is 12.9. The minimum Gasteiger partial charge on any atom is -0.414 e. The van der Waals surface area contributed by atoms with E-state index in [9.17, 15) is 33.3 Å². The number of hydrogen-bond acceptors (Lipinski definition) is 17. The van der Waals surface area contributed by atoms with Crippen molar-refractivity contribution in [2.45, 2.75) is 127 Å². The molecule has 3 fully saturated rings. The average Bonchev–Trinajstić information content (AvgIpc) is 3.91. The quantitative estimate of drug-likeness (QED) is 0.0976. The molecule has 0 radical (unpaired) electrons. The van der Waals surface area contributed by atoms with Gasteiger partial charge in [-0.2, -0.15) is 4.98 Å². The van der Waals surface area contributed by atoms with E-state index in [1.165, 1.54) is 0 Å². The van der Waals surface area contributed by atoms with Gasteiger partial charge in [0.15, 0.2) is 41.3 Å². The normalized spacial score (nSPS) is 31.6. The average molecular weight is 955 g/mol. The number of imidazole rings is 1. The van der Waals surface area contributed by atoms with E-state index in [4.69, 9.17) is 41.8 Å². The highest BCUT2D eigenvalue weighted by atomic mass is 31.2. The lowest BCUT2D eigenvalue weighted by atomic mass is 10.1. The van der Waals surface area contributed by atoms with Crippen LogP contribution >= 0.6 is 15.6 Å². The van der Waals surface area contributed by atoms with Gasteiger partial charge in [-0.05, 0) is 22.2 Å². The maximum Gasteiger partial charge on any atom is 0.472 e. The standard InChI is InChI=1S/C33H50F2N8O15P2Si2/c1-14(2)61(50,15(3)4)58-62(16(5)6,17(7)8)57-25-20-11-52-59(46,47)55-24-19(53-31(22(24)35)43-13-39-23-28(43)40-33(36)41-30(23)45)10-51-60(48,49)56-26(25)32(54-20)42-9-18(34)21-27(42)37-12-38-29(21)44/h9,12-17,19-20,22,24-26,31-32,50H,10-11H2,1-8H3,(H,46,47)(H,48,49)(H,37,38,44)(H3,36,40,41,45)/t19-,20-,22-,24-,25-,26-,31-,32-/m1/s1. The van der Waals surface area contributed by atoms with Gasteiger partial charge in [-0.25, -0.2) is 27.9 Å². The van der Waals surface area contributed by atoms with Crippen LogP contribution in [0.25, 0.3) is 22.2 Å². The van der Waals surface area contributed by atoms with Gasteiger partial charge in [-0.3, -0.25) is 37.2 Å². The van der Waals surface area contributed by atoms with Crippen molar-refractivity contribution in [2.24, 2.45) is 0 Å². The first-order chi connectivity index (χ1) is 28.9. The van der Waals surface area contributed by atoms with E-state index in [-0.39, 0.29) is 33.8 Å². The van der Waals surface area contributed by atoms with Crippen LogP contribution in [0.5, 0.6) is 0 Å². The Labute approximate surface area is 353 Å². The Morgan fingerprint density at radius 2 is 1.47 bits per heavy atom. The van der Waals surface area contributed by atoms with Gasteiger partial charge in [0.2, 0.25) is 5.95 Å². The summed E-state index contributed by atoms with van der Waals surface area (Å²) in [4.78, 5) is 76.6. The van der Waals surface area contributed by atoms with Gasteiger partial charge in [0, 0.05) is 6.20 Å². The van der Waals surface area contributed by atoms with E-state index in [1.54, 1.807) is 0 Å². The third kappa shape index (κ3) is 8.46. The van der Waals surface area contributed by atoms with Crippen LogP contribution in [-0.2, 0) is 45.2 Å². The molecule has 0 amide bonds. The Bertz CT molecular complexity index is 2510. The Balaban J connectivity index is 1.32. The second-order valence-corrected chi connectivity index (χ2v) is 28.0. The smallest absolute Gasteiger partial charge is 0.414 e. The number of rotatable bonds is 10. The largest absolute Gasteiger partial charge is 0.472 e. The summed E-state index contributed by atoms with van der Waals surface area (Å²) in [7, 11) is -18.3. The zero-order valence-electron chi connectivity index (χ0n) is 34.8. The number of phosphoric acid groups is 2. The molecule has 0 aromatic carbocycles. The third-order valence-corrected chi connectivity index (χ3v) is 23.1. The molecule has 3 aliphatic heterocycles. The van der Waals surface area contributed by atoms with Crippen LogP contribution in [0.3, 0.4) is 0 Å². The van der Waals surface area contributed by atoms with Crippen molar-refractivity contribution in [3.63, 3.8) is 0 Å². The van der Waals surface area contributed by atoms with Crippen LogP contribution in [0.1, 0.15) is 67.8 Å². The van der Waals surface area contributed by atoms with Gasteiger partial charge in [0.25, 0.3) is 11.1 Å². The van der Waals surface area contributed by atoms with Crippen LogP contribution in [0.2, 0.25) is 22.2 Å². The number of hydrogen-bond donors (Lipinski definition) is 6. The number of alkyl halides is 1. The monoisotopic (exact) mass is 954 g/mol. The molecule has 4 aromatic rings. The Morgan fingerprint density at radius 1 is 0.871 bits per heavy atom. The van der Waals surface area contributed by atoms with Crippen molar-refractivity contribution in [2.75, 3.05) is 18.9 Å². The van der Waals surface area contributed by atoms with Crippen molar-refractivity contribution in [1.29, 1.82) is 0 Å². The molecule has 3 saturated heterocycles. The molecular formula is C33H50F2N8O15P2Si2. The molecule has 2 bridgehead atoms. The highest BCUT2D eigenvalue weighted by Gasteiger charge is 2.61. The van der Waals surface area contributed by atoms with E-state index < -0.39 is 129 Å². The SMILES string of the molecule is CC(C)[Si](O)(O[Si](O[C@H]1[C@H]2OP(=O)(O)OC[C@H]3O[C@@H](n4cnc5c(=O)[nH]c(N)nc54)[C@H](F)[C@@H]3OP(=O)(O)OC[C@H]1O[C@H]2n1cc(F)c2c(=O)[nH]cnc21)(C(C)C)C(C)C)C(C)C. The van der Waals surface area contributed by atoms with Crippen LogP contribution in [0.4, 0.5) is 14.7 Å². The summed E-state index contributed by atoms with van der Waals surface area (Å²) in [5.74, 6) is -1.39. The second kappa shape index (κ2) is 17.0. The molecular weight excluding hydrogens is 905 g/mol. The highest BCUT2D eigenvalue weighted by Crippen LogP contribution is 2.56. The fourth-order valence-corrected chi connectivity index (χ4v) is 20.0. The van der Waals surface area contributed by atoms with E-state index >= 15 is 8.78 Å². The fourth-order valence-electron chi connectivity index (χ4n) is 8.14. The zero-order valence-corrected chi connectivity index (χ0v) is 38.6. The van der Waals surface area contributed by atoms with Gasteiger partial charge >= 0.3 is 32.8 Å². The topological polar surface area (TPSA) is 309 Å². The van der Waals surface area contributed by atoms with Gasteiger partial charge in [-0.15, -0.1) is 0 Å². The van der Waals surface area contributed by atoms with Gasteiger partial charge in [-0.1, -0.05) is 55.4 Å². The summed E-state index contributed by atoms with van der Waals surface area (Å²) in [5.41, 5.74) is 1.76. The van der Waals surface area contributed by atoms with Gasteiger partial charge < -0.3 is 47.9 Å². The molecule has 23 nitrogen and oxygen atoms in total. The maximum absolute atomic E-state index is 16.5. The first-order valence-corrected chi connectivity index (χ1v) is 26.7. The zero-order chi connectivity index (χ0) is 45.4. The molecule has 3 aliphatic rings. The molecule has 344 valence electrons. The minimum atomic E-state index is -5.42. The fraction of sp³-hybridized carbons (Fsp3) is 0.667. The second-order valence-electron chi connectivity index (χ2n) is 16.6. The van der Waals surface area contributed by atoms with E-state index in [0.29, 0.717) is 0 Å². The molecule has 7 rings (SSSR count). The highest BCUT2D eigenvalue weighted by molar-refractivity contribution is 7.47. The number of aromatic amines is 2. The van der Waals surface area contributed by atoms with Crippen LogP contribution < -0.4 is 16.9 Å². The molecule has 0 saturated carbocycles. The number of nitrogen functional groups attached to an aromatic ring is 1. The summed E-state index contributed by atoms with van der Waals surface area (Å²) in [6, 6.07) is 0. The van der Waals surface area contributed by atoms with Crippen molar-refractivity contribution >= 4 is 60.9 Å². The van der Waals surface area contributed by atoms with E-state index in [1.807, 2.05) is 55.4 Å². The van der Waals surface area contributed by atoms with E-state index in [2.05, 4.69) is 24.9 Å². The number of aromatic nitrogens is 7. The summed E-state index contributed by atoms with van der Waals surface area (Å²) in [5, 5.41) is -0.493. The van der Waals surface area contributed by atoms with Crippen molar-refractivity contribution in [1.82, 2.24) is 34.1 Å². The number of nitrogens with one attached hydrogen (secondary N) is 2. The first-order valence-electron chi connectivity index (χ1n) is 19.7. The van der Waals surface area contributed by atoms with Gasteiger partial charge in [0.1, 0.15) is 35.9 Å². The number of H-pyrrole nitrogens is 2. The van der Waals surface area contributed by atoms with Crippen LogP contribution in [0, 0.1) is 5.82 Å². The lowest BCUT2D eigenvalue weighted by Gasteiger charge is -2.47. The molecule has 29 heteroatoms. The van der Waals surface area contributed by atoms with Crippen LogP contribution in [0.15, 0.2) is 28.4 Å². The Hall–Kier alpha value is -3.12. The van der Waals surface area contributed by atoms with Crippen LogP contribution in [-0.4, -0.2) is 116 Å². The summed E-state index contributed by atoms with van der Waals surface area (Å²) in [6.07, 6.45) is -11.7. The predicted molar refractivity (Wildman–Crippen MR) is 217 cm³/mol. The number of halogens is 2. The predicted octanol–water partition coefficient (Wildman–Crippen LogP) is 3.65. The number of nitrogens with two attached hydrogens (primary N) is 1. The molecule has 7 N–H and O–H groups in total. The van der Waals surface area contributed by atoms with Crippen molar-refractivity contribution in [3.05, 3.63) is 45.4 Å². The maximum atomic E-state index is 16.5. The lowest BCUT2D eigenvalue weighted by molar-refractivity contribution is -0.0670. The third-order valence-electron chi connectivity index (χ3n) is 11.3. The minimum absolute atomic E-state index is 0.223. The lowest BCUT2D eigenvalue weighted by Crippen LogP contribution is -2.62. The molecule has 7 heterocycles. The molecule has 62 heavy (non-hydrogen) atoms. The molecule has 4 aromatic heterocycles. The summed E-state index contributed by atoms with van der Waals surface area (Å²) >= 11 is 0. The number of phosphoric ester groups is 2. The number of anilines is 1. The summed E-state index contributed by atoms with van der Waals surface area (Å²) in [6.45, 7) is 12.6.